The van der Waals surface area contributed by atoms with Crippen LogP contribution in [0.5, 0.6) is 0 Å². The van der Waals surface area contributed by atoms with Crippen molar-refractivity contribution in [3.05, 3.63) is 60.7 Å². The number of ether oxygens (including phenoxy) is 2. The van der Waals surface area contributed by atoms with Gasteiger partial charge in [-0.2, -0.15) is 0 Å². The van der Waals surface area contributed by atoms with Gasteiger partial charge in [-0.05, 0) is 37.6 Å². The van der Waals surface area contributed by atoms with Crippen LogP contribution in [0, 0.1) is 0 Å². The normalized spacial score (nSPS) is 14.1. The van der Waals surface area contributed by atoms with Gasteiger partial charge in [-0.1, -0.05) is 74.5 Å². The maximum Gasteiger partial charge on any atom is 0.325 e. The Balaban J connectivity index is 2.34. The molecule has 0 saturated carbocycles. The molecule has 0 aliphatic carbocycles. The Morgan fingerprint density at radius 3 is 1.97 bits per heavy atom. The second kappa shape index (κ2) is 14.7. The zero-order valence-corrected chi connectivity index (χ0v) is 24.5. The van der Waals surface area contributed by atoms with Crippen molar-refractivity contribution in [2.75, 3.05) is 33.6 Å². The van der Waals surface area contributed by atoms with Crippen LogP contribution >= 0.6 is 0 Å². The highest BCUT2D eigenvalue weighted by molar-refractivity contribution is 7.01. The smallest absolute Gasteiger partial charge is 0.325 e. The third-order valence-electron chi connectivity index (χ3n) is 6.48. The second-order valence-corrected chi connectivity index (χ2v) is 15.0. The summed E-state index contributed by atoms with van der Waals surface area (Å²) in [4.78, 5) is 25.3. The third kappa shape index (κ3) is 8.56. The molecule has 210 valence electrons. The molecule has 0 aromatic heterocycles. The zero-order chi connectivity index (χ0) is 28.2. The molecule has 0 bridgehead atoms. The Labute approximate surface area is 228 Å². The van der Waals surface area contributed by atoms with Crippen LogP contribution in [0.1, 0.15) is 41.0 Å². The number of benzene rings is 2. The molecule has 38 heavy (non-hydrogen) atoms. The summed E-state index contributed by atoms with van der Waals surface area (Å²) >= 11 is 0. The quantitative estimate of drug-likeness (QED) is 0.128. The molecule has 0 amide bonds. The molecule has 2 rings (SSSR count). The number of esters is 1. The van der Waals surface area contributed by atoms with E-state index >= 15 is 0 Å². The van der Waals surface area contributed by atoms with E-state index in [1.807, 2.05) is 95.3 Å². The number of hydrogen-bond acceptors (Lipinski definition) is 8. The Morgan fingerprint density at radius 2 is 1.53 bits per heavy atom. The lowest BCUT2D eigenvalue weighted by Crippen LogP contribution is -2.68. The Morgan fingerprint density at radius 1 is 0.974 bits per heavy atom. The summed E-state index contributed by atoms with van der Waals surface area (Å²) in [5.41, 5.74) is -0.305. The summed E-state index contributed by atoms with van der Waals surface area (Å²) in [6.45, 7) is 10.4. The summed E-state index contributed by atoms with van der Waals surface area (Å²) in [7, 11) is -1.86. The molecule has 0 spiro atoms. The standard InChI is InChI=1S/C29H44N2O6Si/c1-28(2,3)36-22-31-23(17-18-32)19-30-26(27(34)35-6)20-37-38(29(4,5)21-33,24-13-9-7-10-14-24)25-15-11-8-12-16-25/h7-16,21,23,26,30-32H,17-20,22H2,1-6H3/t23-,26-/m1/s1. The van der Waals surface area contributed by atoms with Crippen LogP contribution in [0.3, 0.4) is 0 Å². The van der Waals surface area contributed by atoms with Crippen LogP contribution in [0.25, 0.3) is 0 Å². The maximum absolute atomic E-state index is 12.8. The number of aliphatic hydroxyl groups is 1. The van der Waals surface area contributed by atoms with Gasteiger partial charge in [0, 0.05) is 24.2 Å². The Bertz CT molecular complexity index is 942. The first-order valence-corrected chi connectivity index (χ1v) is 14.9. The fourth-order valence-corrected chi connectivity index (χ4v) is 8.78. The van der Waals surface area contributed by atoms with E-state index in [0.29, 0.717) is 19.7 Å². The van der Waals surface area contributed by atoms with E-state index in [2.05, 4.69) is 10.6 Å². The van der Waals surface area contributed by atoms with Gasteiger partial charge in [-0.3, -0.25) is 10.1 Å². The van der Waals surface area contributed by atoms with Gasteiger partial charge < -0.3 is 29.1 Å². The molecular weight excluding hydrogens is 500 g/mol. The molecule has 3 N–H and O–H groups in total. The van der Waals surface area contributed by atoms with Crippen molar-refractivity contribution in [1.29, 1.82) is 0 Å². The first-order valence-electron chi connectivity index (χ1n) is 13.0. The average Bonchev–Trinajstić information content (AvgIpc) is 2.90. The van der Waals surface area contributed by atoms with Gasteiger partial charge in [0.25, 0.3) is 8.32 Å². The lowest BCUT2D eigenvalue weighted by atomic mass is 10.2. The minimum absolute atomic E-state index is 0.00426. The highest BCUT2D eigenvalue weighted by atomic mass is 28.4. The molecular formula is C29H44N2O6Si. The van der Waals surface area contributed by atoms with E-state index in [1.54, 1.807) is 0 Å². The number of nitrogens with one attached hydrogen (secondary N) is 2. The lowest BCUT2D eigenvalue weighted by Gasteiger charge is -2.42. The van der Waals surface area contributed by atoms with Crippen molar-refractivity contribution in [2.45, 2.75) is 63.8 Å². The van der Waals surface area contributed by atoms with Crippen molar-refractivity contribution in [3.8, 4) is 0 Å². The predicted octanol–water partition coefficient (Wildman–Crippen LogP) is 1.99. The molecule has 0 unspecified atom stereocenters. The van der Waals surface area contributed by atoms with E-state index in [9.17, 15) is 14.7 Å². The van der Waals surface area contributed by atoms with Gasteiger partial charge in [-0.15, -0.1) is 0 Å². The van der Waals surface area contributed by atoms with Crippen LogP contribution < -0.4 is 21.0 Å². The fraction of sp³-hybridized carbons (Fsp3) is 0.517. The number of aliphatic hydroxyl groups excluding tert-OH is 1. The number of carbonyl (C=O) groups is 2. The van der Waals surface area contributed by atoms with Gasteiger partial charge in [0.15, 0.2) is 0 Å². The summed E-state index contributed by atoms with van der Waals surface area (Å²) in [6.07, 6.45) is 1.43. The van der Waals surface area contributed by atoms with Crippen LogP contribution in [-0.4, -0.2) is 77.0 Å². The molecule has 0 aliphatic rings. The first kappa shape index (κ1) is 31.8. The highest BCUT2D eigenvalue weighted by Crippen LogP contribution is 2.35. The summed E-state index contributed by atoms with van der Waals surface area (Å²) in [6, 6.07) is 18.6. The molecule has 0 heterocycles. The largest absolute Gasteiger partial charge is 0.468 e. The fourth-order valence-electron chi connectivity index (χ4n) is 4.35. The summed E-state index contributed by atoms with van der Waals surface area (Å²) in [5, 5.41) is 17.1. The molecule has 9 heteroatoms. The second-order valence-electron chi connectivity index (χ2n) is 10.9. The molecule has 0 aliphatic heterocycles. The van der Waals surface area contributed by atoms with Crippen molar-refractivity contribution >= 4 is 30.9 Å². The van der Waals surface area contributed by atoms with E-state index in [1.165, 1.54) is 7.11 Å². The van der Waals surface area contributed by atoms with Crippen molar-refractivity contribution in [2.24, 2.45) is 0 Å². The van der Waals surface area contributed by atoms with E-state index < -0.39 is 25.4 Å². The number of aldehydes is 1. The van der Waals surface area contributed by atoms with Crippen LogP contribution in [0.2, 0.25) is 5.04 Å². The maximum atomic E-state index is 12.8. The average molecular weight is 545 g/mol. The summed E-state index contributed by atoms with van der Waals surface area (Å²) in [5.74, 6) is -0.466. The predicted molar refractivity (Wildman–Crippen MR) is 152 cm³/mol. The first-order chi connectivity index (χ1) is 18.0. The number of carbonyl (C=O) groups excluding carboxylic acids is 2. The minimum atomic E-state index is -3.20. The third-order valence-corrected chi connectivity index (χ3v) is 11.3. The van der Waals surface area contributed by atoms with Crippen molar-refractivity contribution < 1.29 is 28.6 Å². The molecule has 2 atom stereocenters. The topological polar surface area (TPSA) is 106 Å². The summed E-state index contributed by atoms with van der Waals surface area (Å²) < 4.78 is 17.7. The monoisotopic (exact) mass is 544 g/mol. The number of rotatable bonds is 16. The van der Waals surface area contributed by atoms with E-state index in [0.717, 1.165) is 16.7 Å². The zero-order valence-electron chi connectivity index (χ0n) is 23.5. The Hall–Kier alpha value is -2.40. The minimum Gasteiger partial charge on any atom is -0.468 e. The van der Waals surface area contributed by atoms with Crippen molar-refractivity contribution in [1.82, 2.24) is 10.6 Å². The highest BCUT2D eigenvalue weighted by Gasteiger charge is 2.53. The van der Waals surface area contributed by atoms with Crippen LogP contribution in [0.15, 0.2) is 60.7 Å². The molecule has 0 saturated heterocycles. The SMILES string of the molecule is COC(=O)[C@@H](CO[Si](c1ccccc1)(c1ccccc1)C(C)(C)C=O)NC[C@@H](CCO)NCOC(C)(C)C. The van der Waals surface area contributed by atoms with E-state index in [-0.39, 0.29) is 24.9 Å². The van der Waals surface area contributed by atoms with Crippen LogP contribution in [-0.2, 0) is 23.5 Å². The van der Waals surface area contributed by atoms with Gasteiger partial charge in [0.05, 0.1) is 26.0 Å². The van der Waals surface area contributed by atoms with Gasteiger partial charge in [0.2, 0.25) is 0 Å². The molecule has 8 nitrogen and oxygen atoms in total. The molecule has 2 aromatic carbocycles. The van der Waals surface area contributed by atoms with Crippen LogP contribution in [0.4, 0.5) is 0 Å². The lowest BCUT2D eigenvalue weighted by molar-refractivity contribution is -0.144. The van der Waals surface area contributed by atoms with E-state index in [4.69, 9.17) is 13.9 Å². The van der Waals surface area contributed by atoms with Gasteiger partial charge in [-0.25, -0.2) is 0 Å². The molecule has 2 aromatic rings. The number of hydrogen-bond donors (Lipinski definition) is 3. The molecule has 0 radical (unpaired) electrons. The van der Waals surface area contributed by atoms with Gasteiger partial charge >= 0.3 is 5.97 Å². The van der Waals surface area contributed by atoms with Gasteiger partial charge in [0.1, 0.15) is 12.3 Å². The van der Waals surface area contributed by atoms with Crippen molar-refractivity contribution in [3.63, 3.8) is 0 Å². The Kier molecular flexibility index (Phi) is 12.3. The number of methoxy groups -OCH3 is 1. The molecule has 0 fully saturated rings.